The van der Waals surface area contributed by atoms with Gasteiger partial charge < -0.3 is 10.3 Å². The second-order valence-electron chi connectivity index (χ2n) is 4.25. The number of aryl methyl sites for hydroxylation is 1. The summed E-state index contributed by atoms with van der Waals surface area (Å²) >= 11 is 4.53. The molecule has 1 unspecified atom stereocenters. The lowest BCUT2D eigenvalue weighted by Crippen LogP contribution is -2.37. The van der Waals surface area contributed by atoms with Gasteiger partial charge in [0.05, 0.1) is 16.0 Å². The van der Waals surface area contributed by atoms with Crippen LogP contribution in [0.25, 0.3) is 11.0 Å². The molecule has 0 aliphatic rings. The number of thiocarbonyl (C=S) groups is 1. The Bertz CT molecular complexity index is 618. The number of rotatable bonds is 3. The molecule has 0 radical (unpaired) electrons. The summed E-state index contributed by atoms with van der Waals surface area (Å²) in [5.74, 6) is -1.34. The molecule has 1 aromatic heterocycles. The number of aromatic nitrogens is 2. The third-order valence-corrected chi connectivity index (χ3v) is 3.23. The fraction of sp³-hybridized carbons (Fsp3) is 0.333. The van der Waals surface area contributed by atoms with Crippen LogP contribution in [0.5, 0.6) is 0 Å². The van der Waals surface area contributed by atoms with E-state index in [0.717, 1.165) is 0 Å². The number of imidazole rings is 1. The topological polar surface area (TPSA) is 43.8 Å². The summed E-state index contributed by atoms with van der Waals surface area (Å²) in [7, 11) is 0. The number of para-hydroxylation sites is 2. The van der Waals surface area contributed by atoms with Crippen LogP contribution in [0.1, 0.15) is 5.82 Å². The molecule has 0 amide bonds. The Kier molecular flexibility index (Phi) is 3.49. The average Bonchev–Trinajstić information content (AvgIpc) is 2.59. The van der Waals surface area contributed by atoms with Crippen LogP contribution in [-0.2, 0) is 6.54 Å². The molecule has 0 spiro atoms. The maximum atomic E-state index is 12.9. The molecule has 2 rings (SSSR count). The third kappa shape index (κ3) is 2.70. The number of nitrogens with two attached hydrogens (primary N) is 1. The van der Waals surface area contributed by atoms with E-state index in [2.05, 4.69) is 17.2 Å². The van der Waals surface area contributed by atoms with Gasteiger partial charge in [0.25, 0.3) is 0 Å². The van der Waals surface area contributed by atoms with Crippen molar-refractivity contribution >= 4 is 28.2 Å². The van der Waals surface area contributed by atoms with Gasteiger partial charge in [0, 0.05) is 6.54 Å². The van der Waals surface area contributed by atoms with E-state index in [0.29, 0.717) is 16.9 Å². The smallest absolute Gasteiger partial charge is 0.393 e. The van der Waals surface area contributed by atoms with E-state index in [9.17, 15) is 13.2 Å². The van der Waals surface area contributed by atoms with E-state index in [-0.39, 0.29) is 6.54 Å². The Balaban J connectivity index is 2.45. The molecule has 0 aliphatic carbocycles. The zero-order valence-corrected chi connectivity index (χ0v) is 10.9. The summed E-state index contributed by atoms with van der Waals surface area (Å²) in [6.07, 6.45) is -4.45. The molecule has 3 nitrogen and oxygen atoms in total. The van der Waals surface area contributed by atoms with Crippen LogP contribution in [0.3, 0.4) is 0 Å². The van der Waals surface area contributed by atoms with Crippen LogP contribution in [0.4, 0.5) is 13.2 Å². The number of hydrogen-bond acceptors (Lipinski definition) is 2. The number of nitrogens with zero attached hydrogens (tertiary/aromatic N) is 2. The standard InChI is InChI=1S/C12H12F3N3S/c1-7-17-9-4-2-3-5-10(9)18(7)6-8(11(16)19)12(13,14)15/h2-5,8H,6H2,1H3,(H2,16,19). The Morgan fingerprint density at radius 1 is 1.42 bits per heavy atom. The molecule has 102 valence electrons. The highest BCUT2D eigenvalue weighted by atomic mass is 32.1. The zero-order chi connectivity index (χ0) is 14.2. The van der Waals surface area contributed by atoms with E-state index in [1.54, 1.807) is 31.2 Å². The summed E-state index contributed by atoms with van der Waals surface area (Å²) in [5.41, 5.74) is 6.51. The normalized spacial score (nSPS) is 13.7. The second-order valence-corrected chi connectivity index (χ2v) is 4.73. The van der Waals surface area contributed by atoms with Crippen molar-refractivity contribution in [1.82, 2.24) is 9.55 Å². The lowest BCUT2D eigenvalue weighted by atomic mass is 10.1. The highest BCUT2D eigenvalue weighted by Gasteiger charge is 2.42. The summed E-state index contributed by atoms with van der Waals surface area (Å²) in [5, 5.41) is 0. The first kappa shape index (κ1) is 13.8. The SMILES string of the molecule is Cc1nc2ccccc2n1CC(C(N)=S)C(F)(F)F. The van der Waals surface area contributed by atoms with Gasteiger partial charge in [-0.05, 0) is 19.1 Å². The van der Waals surface area contributed by atoms with E-state index >= 15 is 0 Å². The van der Waals surface area contributed by atoms with Crippen LogP contribution in [-0.4, -0.2) is 20.7 Å². The van der Waals surface area contributed by atoms with Gasteiger partial charge in [-0.1, -0.05) is 24.4 Å². The fourth-order valence-corrected chi connectivity index (χ4v) is 2.17. The maximum absolute atomic E-state index is 12.9. The quantitative estimate of drug-likeness (QED) is 0.883. The Morgan fingerprint density at radius 3 is 2.63 bits per heavy atom. The Hall–Kier alpha value is -1.63. The van der Waals surface area contributed by atoms with E-state index < -0.39 is 17.1 Å². The van der Waals surface area contributed by atoms with Gasteiger partial charge in [-0.3, -0.25) is 0 Å². The molecular weight excluding hydrogens is 275 g/mol. The predicted octanol–water partition coefficient (Wildman–Crippen LogP) is 2.81. The van der Waals surface area contributed by atoms with Gasteiger partial charge in [0.2, 0.25) is 0 Å². The fourth-order valence-electron chi connectivity index (χ4n) is 1.96. The third-order valence-electron chi connectivity index (χ3n) is 2.95. The molecule has 0 saturated carbocycles. The molecule has 7 heteroatoms. The van der Waals surface area contributed by atoms with Crippen molar-refractivity contribution in [1.29, 1.82) is 0 Å². The number of alkyl halides is 3. The number of fused-ring (bicyclic) bond motifs is 1. The molecule has 19 heavy (non-hydrogen) atoms. The Labute approximate surface area is 113 Å². The molecule has 0 saturated heterocycles. The van der Waals surface area contributed by atoms with Crippen molar-refractivity contribution in [2.45, 2.75) is 19.6 Å². The van der Waals surface area contributed by atoms with Crippen LogP contribution >= 0.6 is 12.2 Å². The highest BCUT2D eigenvalue weighted by Crippen LogP contribution is 2.29. The van der Waals surface area contributed by atoms with Crippen LogP contribution in [0, 0.1) is 12.8 Å². The van der Waals surface area contributed by atoms with E-state index in [4.69, 9.17) is 5.73 Å². The molecule has 1 aromatic carbocycles. The van der Waals surface area contributed by atoms with Gasteiger partial charge in [-0.25, -0.2) is 4.98 Å². The molecule has 1 heterocycles. The second kappa shape index (κ2) is 4.80. The zero-order valence-electron chi connectivity index (χ0n) is 10.1. The van der Waals surface area contributed by atoms with Gasteiger partial charge >= 0.3 is 6.18 Å². The monoisotopic (exact) mass is 287 g/mol. The molecule has 0 fully saturated rings. The van der Waals surface area contributed by atoms with Gasteiger partial charge in [-0.15, -0.1) is 0 Å². The van der Waals surface area contributed by atoms with Crippen molar-refractivity contribution in [2.75, 3.05) is 0 Å². The highest BCUT2D eigenvalue weighted by molar-refractivity contribution is 7.80. The minimum atomic E-state index is -4.45. The summed E-state index contributed by atoms with van der Waals surface area (Å²) in [4.78, 5) is 3.67. The van der Waals surface area contributed by atoms with Crippen LogP contribution in [0.15, 0.2) is 24.3 Å². The van der Waals surface area contributed by atoms with Gasteiger partial charge in [0.1, 0.15) is 11.7 Å². The molecule has 2 aromatic rings. The van der Waals surface area contributed by atoms with Crippen molar-refractivity contribution in [3.05, 3.63) is 30.1 Å². The van der Waals surface area contributed by atoms with Crippen molar-refractivity contribution in [3.63, 3.8) is 0 Å². The van der Waals surface area contributed by atoms with Crippen molar-refractivity contribution in [3.8, 4) is 0 Å². The predicted molar refractivity (Wildman–Crippen MR) is 70.8 cm³/mol. The van der Waals surface area contributed by atoms with Crippen LogP contribution < -0.4 is 5.73 Å². The average molecular weight is 287 g/mol. The van der Waals surface area contributed by atoms with Gasteiger partial charge in [0.15, 0.2) is 0 Å². The van der Waals surface area contributed by atoms with Crippen molar-refractivity contribution in [2.24, 2.45) is 11.7 Å². The molecule has 2 N–H and O–H groups in total. The Morgan fingerprint density at radius 2 is 2.05 bits per heavy atom. The molecular formula is C12H12F3N3S. The molecule has 1 atom stereocenters. The summed E-state index contributed by atoms with van der Waals surface area (Å²) in [6.45, 7) is 1.32. The first-order chi connectivity index (χ1) is 8.80. The van der Waals surface area contributed by atoms with E-state index in [1.807, 2.05) is 0 Å². The maximum Gasteiger partial charge on any atom is 0.399 e. The molecule has 0 aliphatic heterocycles. The largest absolute Gasteiger partial charge is 0.399 e. The number of hydrogen-bond donors (Lipinski definition) is 1. The first-order valence-electron chi connectivity index (χ1n) is 5.58. The molecule has 0 bridgehead atoms. The van der Waals surface area contributed by atoms with Gasteiger partial charge in [-0.2, -0.15) is 13.2 Å². The lowest BCUT2D eigenvalue weighted by molar-refractivity contribution is -0.157. The van der Waals surface area contributed by atoms with Crippen LogP contribution in [0.2, 0.25) is 0 Å². The number of halogens is 3. The minimum absolute atomic E-state index is 0.342. The van der Waals surface area contributed by atoms with Crippen molar-refractivity contribution < 1.29 is 13.2 Å². The van der Waals surface area contributed by atoms with E-state index in [1.165, 1.54) is 4.57 Å². The first-order valence-corrected chi connectivity index (χ1v) is 5.99. The number of benzene rings is 1. The summed E-state index contributed by atoms with van der Waals surface area (Å²) in [6, 6.07) is 7.02. The summed E-state index contributed by atoms with van der Waals surface area (Å²) < 4.78 is 40.2. The minimum Gasteiger partial charge on any atom is -0.393 e. The lowest BCUT2D eigenvalue weighted by Gasteiger charge is -2.20.